The van der Waals surface area contributed by atoms with E-state index in [4.69, 9.17) is 26.2 Å². The van der Waals surface area contributed by atoms with Crippen molar-refractivity contribution in [3.63, 3.8) is 0 Å². The van der Waals surface area contributed by atoms with Crippen LogP contribution in [0.1, 0.15) is 6.42 Å². The van der Waals surface area contributed by atoms with Crippen LogP contribution in [0.2, 0.25) is 0 Å². The van der Waals surface area contributed by atoms with Crippen molar-refractivity contribution in [3.8, 4) is 0 Å². The summed E-state index contributed by atoms with van der Waals surface area (Å²) in [5.41, 5.74) is 5.44. The summed E-state index contributed by atoms with van der Waals surface area (Å²) in [6.07, 6.45) is -0.153. The van der Waals surface area contributed by atoms with Crippen molar-refractivity contribution < 1.29 is 93.9 Å². The maximum absolute atomic E-state index is 12.0. The fourth-order valence-corrected chi connectivity index (χ4v) is 4.00. The van der Waals surface area contributed by atoms with Crippen molar-refractivity contribution in [2.45, 2.75) is 12.2 Å². The number of carboxylic acids is 4. The van der Waals surface area contributed by atoms with Crippen LogP contribution in [0, 0.1) is 39.9 Å². The van der Waals surface area contributed by atoms with E-state index in [2.05, 4.69) is 0 Å². The number of hydrogen-bond acceptors (Lipinski definition) is 9. The maximum atomic E-state index is 12.0. The topological polar surface area (TPSA) is 242 Å². The van der Waals surface area contributed by atoms with Gasteiger partial charge in [-0.05, 0) is 13.0 Å². The second kappa shape index (κ2) is 16.8. The molecule has 0 aromatic rings. The molecule has 185 valence electrons. The first-order chi connectivity index (χ1) is 14.3. The molecule has 17 heteroatoms. The van der Waals surface area contributed by atoms with Gasteiger partial charge in [-0.1, -0.05) is 0 Å². The van der Waals surface area contributed by atoms with Crippen LogP contribution >= 0.6 is 7.60 Å². The molecule has 0 saturated heterocycles. The quantitative estimate of drug-likeness (QED) is 0.0751. The molecule has 0 aliphatic carbocycles. The van der Waals surface area contributed by atoms with Crippen LogP contribution in [0.15, 0.2) is 0 Å². The number of carbonyl (C=O) groups is 4. The summed E-state index contributed by atoms with van der Waals surface area (Å²) >= 11 is 0. The summed E-state index contributed by atoms with van der Waals surface area (Å²) in [6, 6.07) is 0. The van der Waals surface area contributed by atoms with E-state index in [1.807, 2.05) is 0 Å². The molecule has 32 heavy (non-hydrogen) atoms. The largest absolute Gasteiger partial charge is 3.00 e. The standard InChI is InChI=1S/C15H29N4O11P.Gd/c16-2-1-11(31(28,29)30)19(5-3-17(7-12(20)21)8-13(22)23)6-4-18(9-14(24)25)10-15(26)27;/h11H,1-10,16H2,(H,20,21)(H,22,23)(H,24,25)(H,26,27)(H2,28,29,30);/q;+3. The number of nitrogens with zero attached hydrogens (tertiary/aromatic N) is 3. The van der Waals surface area contributed by atoms with E-state index in [1.165, 1.54) is 4.90 Å². The second-order valence-corrected chi connectivity index (χ2v) is 8.45. The first-order valence-electron chi connectivity index (χ1n) is 9.07. The molecule has 0 aromatic heterocycles. The molecule has 0 heterocycles. The van der Waals surface area contributed by atoms with Gasteiger partial charge in [-0.3, -0.25) is 38.4 Å². The number of carboxylic acid groups (broad SMARTS) is 4. The normalized spacial score (nSPS) is 12.6. The molecule has 0 rings (SSSR count). The Morgan fingerprint density at radius 3 is 1.25 bits per heavy atom. The van der Waals surface area contributed by atoms with Crippen molar-refractivity contribution in [2.24, 2.45) is 5.73 Å². The van der Waals surface area contributed by atoms with E-state index in [0.717, 1.165) is 9.80 Å². The Morgan fingerprint density at radius 2 is 1.03 bits per heavy atom. The van der Waals surface area contributed by atoms with Gasteiger partial charge in [-0.25, -0.2) is 0 Å². The average Bonchev–Trinajstić information content (AvgIpc) is 2.57. The molecule has 8 N–H and O–H groups in total. The van der Waals surface area contributed by atoms with Crippen LogP contribution in [0.4, 0.5) is 0 Å². The number of nitrogens with two attached hydrogens (primary N) is 1. The smallest absolute Gasteiger partial charge is 0.480 e. The number of aliphatic carboxylic acids is 4. The van der Waals surface area contributed by atoms with E-state index in [1.54, 1.807) is 0 Å². The Hall–Kier alpha value is -0.805. The molecule has 15 nitrogen and oxygen atoms in total. The molecule has 1 radical (unpaired) electrons. The zero-order valence-corrected chi connectivity index (χ0v) is 20.3. The third-order valence-electron chi connectivity index (χ3n) is 4.08. The third-order valence-corrected chi connectivity index (χ3v) is 5.44. The first-order valence-corrected chi connectivity index (χ1v) is 10.8. The van der Waals surface area contributed by atoms with Crippen LogP contribution < -0.4 is 5.73 Å². The Bertz CT molecular complexity index is 606. The van der Waals surface area contributed by atoms with Gasteiger partial charge in [0.2, 0.25) is 0 Å². The van der Waals surface area contributed by atoms with E-state index in [9.17, 15) is 33.5 Å². The molecule has 1 atom stereocenters. The van der Waals surface area contributed by atoms with Crippen LogP contribution in [-0.2, 0) is 23.7 Å². The summed E-state index contributed by atoms with van der Waals surface area (Å²) in [6.45, 7) is -3.31. The molecule has 1 unspecified atom stereocenters. The van der Waals surface area contributed by atoms with E-state index in [0.29, 0.717) is 0 Å². The van der Waals surface area contributed by atoms with Gasteiger partial charge in [-0.15, -0.1) is 0 Å². The SMILES string of the molecule is NCCC(N(CCN(CC(=O)O)CC(=O)O)CCN(CC(=O)O)CC(=O)O)P(=O)(O)O.[Gd+3]. The van der Waals surface area contributed by atoms with Gasteiger partial charge >= 0.3 is 71.4 Å². The molecule has 0 aliphatic heterocycles. The summed E-state index contributed by atoms with van der Waals surface area (Å²) in [7, 11) is -4.73. The van der Waals surface area contributed by atoms with E-state index >= 15 is 0 Å². The van der Waals surface area contributed by atoms with Crippen molar-refractivity contribution in [3.05, 3.63) is 0 Å². The van der Waals surface area contributed by atoms with E-state index in [-0.39, 0.29) is 79.1 Å². The fraction of sp³-hybridized carbons (Fsp3) is 0.733. The molecule has 0 saturated carbocycles. The molecule has 0 amide bonds. The summed E-state index contributed by atoms with van der Waals surface area (Å²) in [5, 5.41) is 35.7. The number of hydrogen-bond donors (Lipinski definition) is 7. The zero-order chi connectivity index (χ0) is 24.2. The van der Waals surface area contributed by atoms with Gasteiger partial charge in [0.25, 0.3) is 0 Å². The minimum atomic E-state index is -4.73. The van der Waals surface area contributed by atoms with E-state index < -0.39 is 63.4 Å². The van der Waals surface area contributed by atoms with Crippen LogP contribution in [0.5, 0.6) is 0 Å². The fourth-order valence-electron chi connectivity index (χ4n) is 2.86. The molecular formula is C15H29GdN4O11P+3. The van der Waals surface area contributed by atoms with Gasteiger partial charge in [0.05, 0.1) is 26.2 Å². The Balaban J connectivity index is 0. The van der Waals surface area contributed by atoms with Gasteiger partial charge in [0.1, 0.15) is 5.78 Å². The van der Waals surface area contributed by atoms with Crippen molar-refractivity contribution in [1.82, 2.24) is 14.7 Å². The Morgan fingerprint density at radius 1 is 0.719 bits per heavy atom. The molecule has 0 bridgehead atoms. The van der Waals surface area contributed by atoms with Gasteiger partial charge < -0.3 is 35.9 Å². The minimum absolute atomic E-state index is 0. The maximum Gasteiger partial charge on any atom is 3.00 e. The van der Waals surface area contributed by atoms with Crippen molar-refractivity contribution >= 4 is 31.5 Å². The third kappa shape index (κ3) is 15.9. The number of rotatable bonds is 18. The van der Waals surface area contributed by atoms with Gasteiger partial charge in [0, 0.05) is 26.2 Å². The second-order valence-electron chi connectivity index (χ2n) is 6.68. The molecule has 0 aromatic carbocycles. The first kappa shape index (κ1) is 33.4. The molecule has 0 fully saturated rings. The summed E-state index contributed by atoms with van der Waals surface area (Å²) in [5.74, 6) is -6.58. The molecule has 0 aliphatic rings. The van der Waals surface area contributed by atoms with Gasteiger partial charge in [0.15, 0.2) is 0 Å². The predicted molar refractivity (Wildman–Crippen MR) is 104 cm³/mol. The molecule has 0 spiro atoms. The van der Waals surface area contributed by atoms with Gasteiger partial charge in [-0.2, -0.15) is 0 Å². The van der Waals surface area contributed by atoms with Crippen LogP contribution in [-0.4, -0.2) is 133 Å². The Labute approximate surface area is 216 Å². The summed E-state index contributed by atoms with van der Waals surface area (Å²) < 4.78 is 12.0. The molecular weight excluding hydrogens is 600 g/mol. The van der Waals surface area contributed by atoms with Crippen molar-refractivity contribution in [2.75, 3.05) is 58.9 Å². The van der Waals surface area contributed by atoms with Crippen LogP contribution in [0.25, 0.3) is 0 Å². The predicted octanol–water partition coefficient (Wildman–Crippen LogP) is -2.92. The average molecular weight is 630 g/mol. The monoisotopic (exact) mass is 630 g/mol. The Kier molecular flexibility index (Phi) is 17.5. The van der Waals surface area contributed by atoms with Crippen molar-refractivity contribution in [1.29, 1.82) is 0 Å². The summed E-state index contributed by atoms with van der Waals surface area (Å²) in [4.78, 5) is 66.5. The van der Waals surface area contributed by atoms with Crippen LogP contribution in [0.3, 0.4) is 0 Å². The zero-order valence-electron chi connectivity index (χ0n) is 17.1. The minimum Gasteiger partial charge on any atom is -0.480 e.